The monoisotopic (exact) mass is 402 g/mol. The van der Waals surface area contributed by atoms with Crippen molar-refractivity contribution in [3.8, 4) is 11.5 Å². The number of rotatable bonds is 2. The van der Waals surface area contributed by atoms with Crippen molar-refractivity contribution < 1.29 is 19.8 Å². The van der Waals surface area contributed by atoms with E-state index in [-0.39, 0.29) is 52.4 Å². The van der Waals surface area contributed by atoms with Crippen LogP contribution in [0.1, 0.15) is 18.4 Å². The molecule has 1 aliphatic heterocycles. The fourth-order valence-electron chi connectivity index (χ4n) is 4.97. The van der Waals surface area contributed by atoms with Gasteiger partial charge in [0, 0.05) is 11.6 Å². The Morgan fingerprint density at radius 3 is 2.24 bits per heavy atom. The van der Waals surface area contributed by atoms with Gasteiger partial charge in [-0.3, -0.25) is 9.59 Å². The molecule has 25 heavy (non-hydrogen) atoms. The van der Waals surface area contributed by atoms with E-state index in [1.54, 1.807) is 0 Å². The Kier molecular flexibility index (Phi) is 2.86. The third-order valence-electron chi connectivity index (χ3n) is 6.24. The van der Waals surface area contributed by atoms with Crippen molar-refractivity contribution in [2.75, 3.05) is 0 Å². The molecule has 1 spiro atoms. The highest BCUT2D eigenvalue weighted by atomic mass is 79.9. The third-order valence-corrected chi connectivity index (χ3v) is 6.87. The summed E-state index contributed by atoms with van der Waals surface area (Å²) in [7, 11) is 0. The van der Waals surface area contributed by atoms with Crippen LogP contribution in [0.15, 0.2) is 33.9 Å². The van der Waals surface area contributed by atoms with Crippen LogP contribution in [-0.4, -0.2) is 33.3 Å². The largest absolute Gasteiger partial charge is 0.507 e. The Bertz CT molecular complexity index is 855. The topological polar surface area (TPSA) is 90.2 Å². The molecule has 4 aliphatic rings. The zero-order chi connectivity index (χ0) is 17.5. The van der Waals surface area contributed by atoms with E-state index in [1.165, 1.54) is 18.3 Å². The average molecular weight is 403 g/mol. The van der Waals surface area contributed by atoms with Gasteiger partial charge in [-0.05, 0) is 52.1 Å². The number of benzene rings is 1. The summed E-state index contributed by atoms with van der Waals surface area (Å²) in [5, 5.41) is 24.4. The van der Waals surface area contributed by atoms with Crippen molar-refractivity contribution in [2.45, 2.75) is 12.8 Å². The predicted molar refractivity (Wildman–Crippen MR) is 91.7 cm³/mol. The van der Waals surface area contributed by atoms with Gasteiger partial charge >= 0.3 is 0 Å². The fraction of sp³-hybridized carbons (Fsp3) is 0.389. The quantitative estimate of drug-likeness (QED) is 0.451. The molecule has 7 heteroatoms. The number of hydrogen-bond acceptors (Lipinski definition) is 5. The molecule has 2 N–H and O–H groups in total. The number of halogens is 1. The summed E-state index contributed by atoms with van der Waals surface area (Å²) in [6.45, 7) is 0. The highest BCUT2D eigenvalue weighted by molar-refractivity contribution is 9.10. The number of carbonyl (C=O) groups excluding carboxylic acids is 2. The smallest absolute Gasteiger partial charge is 0.254 e. The summed E-state index contributed by atoms with van der Waals surface area (Å²) in [6, 6.07) is 2.65. The molecule has 1 heterocycles. The number of hydrazone groups is 1. The summed E-state index contributed by atoms with van der Waals surface area (Å²) in [4.78, 5) is 25.6. The molecule has 1 saturated heterocycles. The Balaban J connectivity index is 1.45. The van der Waals surface area contributed by atoms with Crippen molar-refractivity contribution in [3.63, 3.8) is 0 Å². The Morgan fingerprint density at radius 2 is 1.68 bits per heavy atom. The van der Waals surface area contributed by atoms with E-state index in [4.69, 9.17) is 0 Å². The fourth-order valence-corrected chi connectivity index (χ4v) is 5.33. The van der Waals surface area contributed by atoms with E-state index in [9.17, 15) is 19.8 Å². The Hall–Kier alpha value is -2.15. The van der Waals surface area contributed by atoms with Gasteiger partial charge in [0.05, 0.1) is 22.5 Å². The van der Waals surface area contributed by atoms with Crippen LogP contribution in [0, 0.1) is 29.1 Å². The summed E-state index contributed by atoms with van der Waals surface area (Å²) in [5.74, 6) is -1.02. The molecule has 1 aromatic carbocycles. The van der Waals surface area contributed by atoms with E-state index in [1.807, 2.05) is 0 Å². The molecule has 2 amide bonds. The second kappa shape index (κ2) is 4.72. The van der Waals surface area contributed by atoms with Crippen molar-refractivity contribution in [1.29, 1.82) is 0 Å². The van der Waals surface area contributed by atoms with Crippen molar-refractivity contribution >= 4 is 34.0 Å². The van der Waals surface area contributed by atoms with E-state index < -0.39 is 0 Å². The van der Waals surface area contributed by atoms with Crippen LogP contribution in [0.25, 0.3) is 0 Å². The lowest BCUT2D eigenvalue weighted by molar-refractivity contribution is -0.141. The lowest BCUT2D eigenvalue weighted by Crippen LogP contribution is -2.30. The molecule has 4 atom stereocenters. The van der Waals surface area contributed by atoms with Crippen LogP contribution in [0.5, 0.6) is 11.5 Å². The molecule has 128 valence electrons. The Morgan fingerprint density at radius 1 is 1.08 bits per heavy atom. The third kappa shape index (κ3) is 1.82. The number of imide groups is 1. The molecule has 6 nitrogen and oxygen atoms in total. The first kappa shape index (κ1) is 15.1. The molecule has 2 bridgehead atoms. The number of allylic oxidation sites excluding steroid dienone is 2. The van der Waals surface area contributed by atoms with E-state index in [0.29, 0.717) is 10.0 Å². The standard InChI is InChI=1S/C18H15BrN2O4/c19-11-5-8(12(22)6-13(11)23)7-20-21-16(24)14-9-1-2-10(15(14)17(21)25)18(9)3-4-18/h1-2,5-7,9-10,14-15,22-23H,3-4H2/b20-7-/t9-,10-,14-,15+/m1/s1. The first-order valence-electron chi connectivity index (χ1n) is 8.26. The minimum Gasteiger partial charge on any atom is -0.507 e. The Labute approximate surface area is 152 Å². The van der Waals surface area contributed by atoms with Crippen LogP contribution in [0.4, 0.5) is 0 Å². The van der Waals surface area contributed by atoms with Crippen LogP contribution >= 0.6 is 15.9 Å². The van der Waals surface area contributed by atoms with Crippen LogP contribution in [0.3, 0.4) is 0 Å². The summed E-state index contributed by atoms with van der Waals surface area (Å²) in [6.07, 6.45) is 7.70. The molecular weight excluding hydrogens is 388 g/mol. The van der Waals surface area contributed by atoms with Gasteiger partial charge in [0.25, 0.3) is 11.8 Å². The predicted octanol–water partition coefficient (Wildman–Crippen LogP) is 2.39. The summed E-state index contributed by atoms with van der Waals surface area (Å²) in [5.41, 5.74) is 0.471. The number of nitrogens with zero attached hydrogens (tertiary/aromatic N) is 2. The van der Waals surface area contributed by atoms with E-state index >= 15 is 0 Å². The maximum absolute atomic E-state index is 12.8. The highest BCUT2D eigenvalue weighted by Gasteiger charge is 2.73. The maximum atomic E-state index is 12.8. The molecule has 3 fully saturated rings. The van der Waals surface area contributed by atoms with Gasteiger partial charge in [-0.15, -0.1) is 0 Å². The van der Waals surface area contributed by atoms with Gasteiger partial charge in [0.15, 0.2) is 0 Å². The van der Waals surface area contributed by atoms with Gasteiger partial charge < -0.3 is 10.2 Å². The van der Waals surface area contributed by atoms with Gasteiger partial charge in [-0.25, -0.2) is 0 Å². The molecule has 0 radical (unpaired) electrons. The van der Waals surface area contributed by atoms with Gasteiger partial charge in [0.2, 0.25) is 0 Å². The zero-order valence-corrected chi connectivity index (χ0v) is 14.7. The van der Waals surface area contributed by atoms with Crippen molar-refractivity contribution in [2.24, 2.45) is 34.2 Å². The molecule has 5 rings (SSSR count). The minimum atomic E-state index is -0.290. The number of phenolic OH excluding ortho intramolecular Hbond substituents is 2. The van der Waals surface area contributed by atoms with E-state index in [0.717, 1.165) is 17.9 Å². The molecule has 0 unspecified atom stereocenters. The van der Waals surface area contributed by atoms with Crippen molar-refractivity contribution in [1.82, 2.24) is 5.01 Å². The second-order valence-corrected chi connectivity index (χ2v) is 8.17. The van der Waals surface area contributed by atoms with Crippen molar-refractivity contribution in [3.05, 3.63) is 34.3 Å². The molecule has 3 aliphatic carbocycles. The number of amides is 2. The zero-order valence-electron chi connectivity index (χ0n) is 13.1. The molecule has 0 aromatic heterocycles. The van der Waals surface area contributed by atoms with Gasteiger partial charge in [-0.2, -0.15) is 10.1 Å². The minimum absolute atomic E-state index is 0.102. The second-order valence-electron chi connectivity index (χ2n) is 7.32. The highest BCUT2D eigenvalue weighted by Crippen LogP contribution is 2.73. The number of hydrogen-bond donors (Lipinski definition) is 2. The van der Waals surface area contributed by atoms with Gasteiger partial charge in [0.1, 0.15) is 11.5 Å². The lowest BCUT2D eigenvalue weighted by Gasteiger charge is -2.18. The molecule has 2 saturated carbocycles. The number of aromatic hydroxyl groups is 2. The number of fused-ring (bicyclic) bond motifs is 3. The summed E-state index contributed by atoms with van der Waals surface area (Å²) >= 11 is 3.16. The maximum Gasteiger partial charge on any atom is 0.254 e. The average Bonchev–Trinajstić information content (AvgIpc) is 3.17. The van der Waals surface area contributed by atoms with Crippen LogP contribution < -0.4 is 0 Å². The number of carbonyl (C=O) groups is 2. The molecular formula is C18H15BrN2O4. The lowest BCUT2D eigenvalue weighted by atomic mass is 9.85. The molecule has 1 aromatic rings. The van der Waals surface area contributed by atoms with Crippen LogP contribution in [0.2, 0.25) is 0 Å². The first-order valence-corrected chi connectivity index (χ1v) is 9.05. The number of phenols is 2. The SMILES string of the molecule is O=C1[C@@H]2[C@H](C(=O)N1/N=C\c1cc(Br)c(O)cc1O)[C@H]1C=C[C@H]2C12CC2. The normalized spacial score (nSPS) is 33.9. The van der Waals surface area contributed by atoms with Gasteiger partial charge in [-0.1, -0.05) is 12.2 Å². The first-order chi connectivity index (χ1) is 11.9. The van der Waals surface area contributed by atoms with Crippen LogP contribution in [-0.2, 0) is 9.59 Å². The summed E-state index contributed by atoms with van der Waals surface area (Å²) < 4.78 is 0.389. The van der Waals surface area contributed by atoms with E-state index in [2.05, 4.69) is 33.2 Å².